The SMILES string of the molecule is CC(OC1CCC(N)CC1)C(=O)N1CCCC1. The van der Waals surface area contributed by atoms with E-state index in [2.05, 4.69) is 0 Å². The summed E-state index contributed by atoms with van der Waals surface area (Å²) in [5.74, 6) is 0.164. The number of nitrogens with two attached hydrogens (primary N) is 1. The van der Waals surface area contributed by atoms with Crippen LogP contribution in [-0.4, -0.2) is 42.1 Å². The van der Waals surface area contributed by atoms with Crippen LogP contribution in [0.3, 0.4) is 0 Å². The van der Waals surface area contributed by atoms with E-state index in [1.54, 1.807) is 0 Å². The second-order valence-electron chi connectivity index (χ2n) is 5.35. The van der Waals surface area contributed by atoms with Crippen molar-refractivity contribution in [3.8, 4) is 0 Å². The van der Waals surface area contributed by atoms with Gasteiger partial charge in [0.25, 0.3) is 5.91 Å². The average molecular weight is 240 g/mol. The Labute approximate surface area is 103 Å². The lowest BCUT2D eigenvalue weighted by Gasteiger charge is -2.29. The van der Waals surface area contributed by atoms with E-state index >= 15 is 0 Å². The third kappa shape index (κ3) is 3.42. The van der Waals surface area contributed by atoms with Crippen molar-refractivity contribution in [2.45, 2.75) is 63.7 Å². The summed E-state index contributed by atoms with van der Waals surface area (Å²) < 4.78 is 5.87. The number of hydrogen-bond donors (Lipinski definition) is 1. The van der Waals surface area contributed by atoms with Gasteiger partial charge in [-0.15, -0.1) is 0 Å². The Morgan fingerprint density at radius 1 is 1.24 bits per heavy atom. The summed E-state index contributed by atoms with van der Waals surface area (Å²) in [6.07, 6.45) is 6.26. The van der Waals surface area contributed by atoms with Gasteiger partial charge in [0, 0.05) is 19.1 Å². The van der Waals surface area contributed by atoms with Crippen LogP contribution in [0.25, 0.3) is 0 Å². The zero-order chi connectivity index (χ0) is 12.3. The van der Waals surface area contributed by atoms with E-state index in [1.807, 2.05) is 11.8 Å². The second-order valence-corrected chi connectivity index (χ2v) is 5.35. The van der Waals surface area contributed by atoms with Gasteiger partial charge < -0.3 is 15.4 Å². The zero-order valence-electron chi connectivity index (χ0n) is 10.7. The molecular weight excluding hydrogens is 216 g/mol. The number of likely N-dealkylation sites (tertiary alicyclic amines) is 1. The molecular formula is C13H24N2O2. The predicted octanol–water partition coefficient (Wildman–Crippen LogP) is 1.28. The van der Waals surface area contributed by atoms with Crippen molar-refractivity contribution >= 4 is 5.91 Å². The average Bonchev–Trinajstić information content (AvgIpc) is 2.84. The van der Waals surface area contributed by atoms with E-state index in [0.29, 0.717) is 6.04 Å². The van der Waals surface area contributed by atoms with Crippen molar-refractivity contribution in [1.82, 2.24) is 4.90 Å². The Morgan fingerprint density at radius 2 is 1.82 bits per heavy atom. The fourth-order valence-electron chi connectivity index (χ4n) is 2.77. The van der Waals surface area contributed by atoms with Gasteiger partial charge in [-0.05, 0) is 45.4 Å². The van der Waals surface area contributed by atoms with Crippen molar-refractivity contribution in [3.63, 3.8) is 0 Å². The van der Waals surface area contributed by atoms with Gasteiger partial charge in [-0.1, -0.05) is 0 Å². The van der Waals surface area contributed by atoms with Crippen molar-refractivity contribution in [2.75, 3.05) is 13.1 Å². The van der Waals surface area contributed by atoms with Gasteiger partial charge in [0.15, 0.2) is 0 Å². The molecule has 1 atom stereocenters. The molecule has 2 rings (SSSR count). The van der Waals surface area contributed by atoms with E-state index < -0.39 is 0 Å². The summed E-state index contributed by atoms with van der Waals surface area (Å²) in [4.78, 5) is 14.0. The summed E-state index contributed by atoms with van der Waals surface area (Å²) in [6, 6.07) is 0.333. The number of nitrogens with zero attached hydrogens (tertiary/aromatic N) is 1. The number of amides is 1. The predicted molar refractivity (Wildman–Crippen MR) is 66.6 cm³/mol. The molecule has 1 aliphatic heterocycles. The first-order valence-corrected chi connectivity index (χ1v) is 6.86. The third-order valence-corrected chi connectivity index (χ3v) is 3.88. The van der Waals surface area contributed by atoms with Crippen molar-refractivity contribution in [3.05, 3.63) is 0 Å². The number of carbonyl (C=O) groups is 1. The highest BCUT2D eigenvalue weighted by Gasteiger charge is 2.27. The molecule has 2 aliphatic rings. The highest BCUT2D eigenvalue weighted by molar-refractivity contribution is 5.80. The molecule has 2 N–H and O–H groups in total. The smallest absolute Gasteiger partial charge is 0.251 e. The van der Waals surface area contributed by atoms with Crippen LogP contribution in [0.4, 0.5) is 0 Å². The minimum absolute atomic E-state index is 0.164. The van der Waals surface area contributed by atoms with Crippen molar-refractivity contribution in [2.24, 2.45) is 5.73 Å². The normalized spacial score (nSPS) is 31.5. The number of rotatable bonds is 3. The van der Waals surface area contributed by atoms with Gasteiger partial charge >= 0.3 is 0 Å². The molecule has 1 amide bonds. The quantitative estimate of drug-likeness (QED) is 0.808. The van der Waals surface area contributed by atoms with E-state index in [9.17, 15) is 4.79 Å². The number of ether oxygens (including phenoxy) is 1. The summed E-state index contributed by atoms with van der Waals surface area (Å²) in [5, 5.41) is 0. The van der Waals surface area contributed by atoms with Gasteiger partial charge in [-0.2, -0.15) is 0 Å². The van der Waals surface area contributed by atoms with Gasteiger partial charge in [0.05, 0.1) is 6.10 Å². The second kappa shape index (κ2) is 5.83. The largest absolute Gasteiger partial charge is 0.365 e. The Balaban J connectivity index is 1.76. The first kappa shape index (κ1) is 12.8. The number of carbonyl (C=O) groups excluding carboxylic acids is 1. The van der Waals surface area contributed by atoms with Gasteiger partial charge in [-0.3, -0.25) is 4.79 Å². The molecule has 1 heterocycles. The number of hydrogen-bond acceptors (Lipinski definition) is 3. The lowest BCUT2D eigenvalue weighted by atomic mass is 9.93. The molecule has 1 unspecified atom stereocenters. The summed E-state index contributed by atoms with van der Waals surface area (Å²) >= 11 is 0. The van der Waals surface area contributed by atoms with Crippen LogP contribution in [0, 0.1) is 0 Å². The summed E-state index contributed by atoms with van der Waals surface area (Å²) in [7, 11) is 0. The Morgan fingerprint density at radius 3 is 2.41 bits per heavy atom. The lowest BCUT2D eigenvalue weighted by molar-refractivity contribution is -0.146. The molecule has 4 heteroatoms. The topological polar surface area (TPSA) is 55.6 Å². The molecule has 0 spiro atoms. The molecule has 1 aliphatic carbocycles. The maximum Gasteiger partial charge on any atom is 0.251 e. The lowest BCUT2D eigenvalue weighted by Crippen LogP contribution is -2.40. The third-order valence-electron chi connectivity index (χ3n) is 3.88. The molecule has 2 fully saturated rings. The highest BCUT2D eigenvalue weighted by Crippen LogP contribution is 2.22. The van der Waals surface area contributed by atoms with Crippen molar-refractivity contribution in [1.29, 1.82) is 0 Å². The molecule has 0 aromatic carbocycles. The van der Waals surface area contributed by atoms with Crippen LogP contribution < -0.4 is 5.73 Å². The molecule has 1 saturated heterocycles. The van der Waals surface area contributed by atoms with Gasteiger partial charge in [-0.25, -0.2) is 0 Å². The molecule has 1 saturated carbocycles. The molecule has 0 bridgehead atoms. The van der Waals surface area contributed by atoms with E-state index in [0.717, 1.165) is 51.6 Å². The minimum Gasteiger partial charge on any atom is -0.365 e. The van der Waals surface area contributed by atoms with Crippen LogP contribution in [0.5, 0.6) is 0 Å². The first-order valence-electron chi connectivity index (χ1n) is 6.86. The fourth-order valence-corrected chi connectivity index (χ4v) is 2.77. The Hall–Kier alpha value is -0.610. The highest BCUT2D eigenvalue weighted by atomic mass is 16.5. The Bertz CT molecular complexity index is 256. The summed E-state index contributed by atoms with van der Waals surface area (Å²) in [6.45, 7) is 3.69. The van der Waals surface area contributed by atoms with Gasteiger partial charge in [0.2, 0.25) is 0 Å². The zero-order valence-corrected chi connectivity index (χ0v) is 10.7. The molecule has 0 aromatic rings. The first-order chi connectivity index (χ1) is 8.16. The monoisotopic (exact) mass is 240 g/mol. The summed E-state index contributed by atoms with van der Waals surface area (Å²) in [5.41, 5.74) is 5.86. The molecule has 17 heavy (non-hydrogen) atoms. The molecule has 0 aromatic heterocycles. The van der Waals surface area contributed by atoms with E-state index in [1.165, 1.54) is 0 Å². The van der Waals surface area contributed by atoms with E-state index in [-0.39, 0.29) is 18.1 Å². The van der Waals surface area contributed by atoms with Crippen molar-refractivity contribution < 1.29 is 9.53 Å². The molecule has 98 valence electrons. The minimum atomic E-state index is -0.285. The van der Waals surface area contributed by atoms with Crippen LogP contribution in [0.15, 0.2) is 0 Å². The van der Waals surface area contributed by atoms with Crippen LogP contribution in [-0.2, 0) is 9.53 Å². The van der Waals surface area contributed by atoms with Gasteiger partial charge in [0.1, 0.15) is 6.10 Å². The van der Waals surface area contributed by atoms with Crippen LogP contribution >= 0.6 is 0 Å². The van der Waals surface area contributed by atoms with Crippen LogP contribution in [0.1, 0.15) is 45.4 Å². The van der Waals surface area contributed by atoms with E-state index in [4.69, 9.17) is 10.5 Å². The Kier molecular flexibility index (Phi) is 4.40. The molecule has 0 radical (unpaired) electrons. The molecule has 4 nitrogen and oxygen atoms in total. The van der Waals surface area contributed by atoms with Crippen LogP contribution in [0.2, 0.25) is 0 Å². The maximum absolute atomic E-state index is 12.1. The maximum atomic E-state index is 12.1. The standard InChI is InChI=1S/C13H24N2O2/c1-10(13(16)15-8-2-3-9-15)17-12-6-4-11(14)5-7-12/h10-12H,2-9,14H2,1H3. The fraction of sp³-hybridized carbons (Fsp3) is 0.923.